The molecule has 2 atom stereocenters. The van der Waals surface area contributed by atoms with Crippen molar-refractivity contribution in [2.45, 2.75) is 19.4 Å². The highest BCUT2D eigenvalue weighted by Gasteiger charge is 2.23. The molecule has 2 heteroatoms. The van der Waals surface area contributed by atoms with Crippen molar-refractivity contribution in [3.8, 4) is 12.3 Å². The minimum Gasteiger partial charge on any atom is -0.317 e. The van der Waals surface area contributed by atoms with E-state index in [-0.39, 0.29) is 0 Å². The molecule has 0 radical (unpaired) electrons. The molecule has 0 aromatic heterocycles. The molecule has 1 aliphatic rings. The van der Waals surface area contributed by atoms with Crippen LogP contribution in [0.25, 0.3) is 0 Å². The van der Waals surface area contributed by atoms with E-state index in [2.05, 4.69) is 23.1 Å². The number of hydrogen-bond acceptors (Lipinski definition) is 2. The van der Waals surface area contributed by atoms with Crippen molar-refractivity contribution in [3.63, 3.8) is 0 Å². The fourth-order valence-electron chi connectivity index (χ4n) is 1.93. The van der Waals surface area contributed by atoms with Crippen LogP contribution in [0.4, 0.5) is 0 Å². The molecule has 0 bridgehead atoms. The van der Waals surface area contributed by atoms with E-state index in [1.807, 2.05) is 7.05 Å². The van der Waals surface area contributed by atoms with Gasteiger partial charge in [-0.15, -0.1) is 6.42 Å². The summed E-state index contributed by atoms with van der Waals surface area (Å²) in [5, 5.41) is 3.34. The molecule has 1 fully saturated rings. The van der Waals surface area contributed by atoms with Crippen LogP contribution in [0.15, 0.2) is 0 Å². The summed E-state index contributed by atoms with van der Waals surface area (Å²) < 4.78 is 0. The van der Waals surface area contributed by atoms with E-state index < -0.39 is 0 Å². The lowest BCUT2D eigenvalue weighted by atomic mass is 9.94. The third-order valence-electron chi connectivity index (χ3n) is 2.68. The summed E-state index contributed by atoms with van der Waals surface area (Å²) in [5.74, 6) is 3.42. The predicted molar refractivity (Wildman–Crippen MR) is 51.9 cm³/mol. The Hall–Kier alpha value is -0.520. The molecule has 68 valence electrons. The van der Waals surface area contributed by atoms with Crippen LogP contribution in [0.1, 0.15) is 13.3 Å². The molecule has 0 saturated carbocycles. The second-order valence-electron chi connectivity index (χ2n) is 3.60. The molecule has 1 rings (SSSR count). The second-order valence-corrected chi connectivity index (χ2v) is 3.60. The number of nitrogens with zero attached hydrogens (tertiary/aromatic N) is 1. The Balaban J connectivity index is 2.36. The first-order valence-electron chi connectivity index (χ1n) is 4.61. The van der Waals surface area contributed by atoms with Crippen molar-refractivity contribution in [1.29, 1.82) is 0 Å². The lowest BCUT2D eigenvalue weighted by molar-refractivity contribution is 0.167. The van der Waals surface area contributed by atoms with E-state index in [0.29, 0.717) is 6.04 Å². The van der Waals surface area contributed by atoms with Gasteiger partial charge >= 0.3 is 0 Å². The lowest BCUT2D eigenvalue weighted by Gasteiger charge is -2.35. The van der Waals surface area contributed by atoms with E-state index >= 15 is 0 Å². The van der Waals surface area contributed by atoms with E-state index in [1.54, 1.807) is 0 Å². The van der Waals surface area contributed by atoms with Crippen LogP contribution >= 0.6 is 0 Å². The third-order valence-corrected chi connectivity index (χ3v) is 2.68. The SMILES string of the molecule is C#CCN1CCC(NC)C(C)C1. The standard InChI is InChI=1S/C10H18N2/c1-4-6-12-7-5-10(11-3)9(2)8-12/h1,9-11H,5-8H2,2-3H3. The van der Waals surface area contributed by atoms with Crippen molar-refractivity contribution in [2.24, 2.45) is 5.92 Å². The van der Waals surface area contributed by atoms with Gasteiger partial charge in [-0.3, -0.25) is 4.90 Å². The zero-order valence-corrected chi connectivity index (χ0v) is 8.01. The molecule has 0 spiro atoms. The molecule has 0 aliphatic carbocycles. The Morgan fingerprint density at radius 2 is 2.42 bits per heavy atom. The van der Waals surface area contributed by atoms with Crippen molar-refractivity contribution in [1.82, 2.24) is 10.2 Å². The number of piperidine rings is 1. The Bertz CT molecular complexity index is 171. The van der Waals surface area contributed by atoms with Crippen LogP contribution in [0, 0.1) is 18.3 Å². The van der Waals surface area contributed by atoms with Crippen molar-refractivity contribution >= 4 is 0 Å². The van der Waals surface area contributed by atoms with Crippen LogP contribution in [0.5, 0.6) is 0 Å². The van der Waals surface area contributed by atoms with Gasteiger partial charge in [-0.05, 0) is 19.4 Å². The van der Waals surface area contributed by atoms with Gasteiger partial charge in [0.05, 0.1) is 6.54 Å². The molecule has 0 aromatic rings. The van der Waals surface area contributed by atoms with E-state index in [0.717, 1.165) is 25.6 Å². The van der Waals surface area contributed by atoms with Crippen molar-refractivity contribution in [2.75, 3.05) is 26.7 Å². The Labute approximate surface area is 75.3 Å². The molecule has 12 heavy (non-hydrogen) atoms. The summed E-state index contributed by atoms with van der Waals surface area (Å²) in [4.78, 5) is 2.35. The number of hydrogen-bond donors (Lipinski definition) is 1. The maximum atomic E-state index is 5.26. The number of terminal acetylenes is 1. The molecule has 1 saturated heterocycles. The zero-order chi connectivity index (χ0) is 8.97. The van der Waals surface area contributed by atoms with Crippen molar-refractivity contribution < 1.29 is 0 Å². The average Bonchev–Trinajstić information content (AvgIpc) is 2.05. The normalized spacial score (nSPS) is 31.4. The maximum absolute atomic E-state index is 5.26. The minimum atomic E-state index is 0.680. The summed E-state index contributed by atoms with van der Waals surface area (Å²) in [6.45, 7) is 5.36. The van der Waals surface area contributed by atoms with E-state index in [4.69, 9.17) is 6.42 Å². The van der Waals surface area contributed by atoms with Crippen LogP contribution in [0.2, 0.25) is 0 Å². The molecular weight excluding hydrogens is 148 g/mol. The van der Waals surface area contributed by atoms with Crippen LogP contribution < -0.4 is 5.32 Å². The number of likely N-dealkylation sites (tertiary alicyclic amines) is 1. The summed E-state index contributed by atoms with van der Waals surface area (Å²) >= 11 is 0. The first kappa shape index (κ1) is 9.57. The molecule has 1 heterocycles. The Morgan fingerprint density at radius 1 is 1.67 bits per heavy atom. The van der Waals surface area contributed by atoms with Crippen molar-refractivity contribution in [3.05, 3.63) is 0 Å². The number of rotatable bonds is 2. The summed E-state index contributed by atoms with van der Waals surface area (Å²) in [5.41, 5.74) is 0. The highest BCUT2D eigenvalue weighted by atomic mass is 15.1. The van der Waals surface area contributed by atoms with Crippen LogP contribution in [-0.2, 0) is 0 Å². The molecule has 2 unspecified atom stereocenters. The highest BCUT2D eigenvalue weighted by molar-refractivity contribution is 4.91. The van der Waals surface area contributed by atoms with Gasteiger partial charge in [-0.1, -0.05) is 12.8 Å². The Morgan fingerprint density at radius 3 is 2.92 bits per heavy atom. The topological polar surface area (TPSA) is 15.3 Å². The third kappa shape index (κ3) is 2.23. The second kappa shape index (κ2) is 4.49. The molecule has 2 nitrogen and oxygen atoms in total. The van der Waals surface area contributed by atoms with E-state index in [9.17, 15) is 0 Å². The van der Waals surface area contributed by atoms with Crippen LogP contribution in [0.3, 0.4) is 0 Å². The first-order chi connectivity index (χ1) is 5.77. The molecular formula is C10H18N2. The monoisotopic (exact) mass is 166 g/mol. The van der Waals surface area contributed by atoms with Gasteiger partial charge in [0, 0.05) is 19.1 Å². The molecule has 0 aromatic carbocycles. The van der Waals surface area contributed by atoms with Gasteiger partial charge < -0.3 is 5.32 Å². The summed E-state index contributed by atoms with van der Waals surface area (Å²) in [6.07, 6.45) is 6.49. The predicted octanol–water partition coefficient (Wildman–Crippen LogP) is 0.549. The molecule has 1 aliphatic heterocycles. The maximum Gasteiger partial charge on any atom is 0.0599 e. The van der Waals surface area contributed by atoms with Gasteiger partial charge in [0.25, 0.3) is 0 Å². The number of nitrogens with one attached hydrogen (secondary N) is 1. The average molecular weight is 166 g/mol. The first-order valence-corrected chi connectivity index (χ1v) is 4.61. The lowest BCUT2D eigenvalue weighted by Crippen LogP contribution is -2.47. The summed E-state index contributed by atoms with van der Waals surface area (Å²) in [7, 11) is 2.04. The Kier molecular flexibility index (Phi) is 3.58. The van der Waals surface area contributed by atoms with Gasteiger partial charge in [-0.25, -0.2) is 0 Å². The van der Waals surface area contributed by atoms with Gasteiger partial charge in [-0.2, -0.15) is 0 Å². The van der Waals surface area contributed by atoms with Crippen LogP contribution in [-0.4, -0.2) is 37.6 Å². The smallest absolute Gasteiger partial charge is 0.0599 e. The fraction of sp³-hybridized carbons (Fsp3) is 0.800. The molecule has 1 N–H and O–H groups in total. The highest BCUT2D eigenvalue weighted by Crippen LogP contribution is 2.15. The molecule has 0 amide bonds. The summed E-state index contributed by atoms with van der Waals surface area (Å²) in [6, 6.07) is 0.680. The van der Waals surface area contributed by atoms with Gasteiger partial charge in [0.2, 0.25) is 0 Å². The largest absolute Gasteiger partial charge is 0.317 e. The van der Waals surface area contributed by atoms with Gasteiger partial charge in [0.1, 0.15) is 0 Å². The minimum absolute atomic E-state index is 0.680. The van der Waals surface area contributed by atoms with E-state index in [1.165, 1.54) is 6.42 Å². The van der Waals surface area contributed by atoms with Gasteiger partial charge in [0.15, 0.2) is 0 Å². The fourth-order valence-corrected chi connectivity index (χ4v) is 1.93. The quantitative estimate of drug-likeness (QED) is 0.603. The zero-order valence-electron chi connectivity index (χ0n) is 8.01.